The minimum Gasteiger partial charge on any atom is -0.354 e. The van der Waals surface area contributed by atoms with Gasteiger partial charge in [0.05, 0.1) is 0 Å². The second-order valence-electron chi connectivity index (χ2n) is 12.0. The molecule has 0 amide bonds. The van der Waals surface area contributed by atoms with Gasteiger partial charge in [-0.05, 0) is 62.5 Å². The van der Waals surface area contributed by atoms with E-state index < -0.39 is 11.6 Å². The molecular weight excluding hydrogens is 532 g/mol. The van der Waals surface area contributed by atoms with E-state index >= 15 is 0 Å². The van der Waals surface area contributed by atoms with Crippen LogP contribution in [0.3, 0.4) is 0 Å². The van der Waals surface area contributed by atoms with Gasteiger partial charge in [0.2, 0.25) is 0 Å². The molecule has 0 spiro atoms. The fourth-order valence-electron chi connectivity index (χ4n) is 3.00. The number of hydrogen-bond acceptors (Lipinski definition) is 4. The molecule has 0 saturated carbocycles. The molecule has 0 aliphatic heterocycles. The van der Waals surface area contributed by atoms with Crippen LogP contribution >= 0.6 is 0 Å². The van der Waals surface area contributed by atoms with E-state index in [4.69, 9.17) is 18.9 Å². The van der Waals surface area contributed by atoms with Gasteiger partial charge in [0.15, 0.2) is 18.4 Å². The van der Waals surface area contributed by atoms with Gasteiger partial charge in [-0.25, -0.2) is 0 Å². The maximum atomic E-state index is 5.29. The van der Waals surface area contributed by atoms with Crippen molar-refractivity contribution in [2.75, 3.05) is 21.0 Å². The largest absolute Gasteiger partial charge is 0.354 e. The summed E-state index contributed by atoms with van der Waals surface area (Å²) in [5.74, 6) is -1.24. The normalized spacial score (nSPS) is 11.2. The summed E-state index contributed by atoms with van der Waals surface area (Å²) in [4.78, 5) is 0. The van der Waals surface area contributed by atoms with E-state index in [1.165, 1.54) is 24.0 Å². The van der Waals surface area contributed by atoms with Crippen molar-refractivity contribution in [1.29, 1.82) is 0 Å². The lowest BCUT2D eigenvalue weighted by atomic mass is 9.82. The molecule has 0 unspecified atom stereocenters. The highest BCUT2D eigenvalue weighted by molar-refractivity contribution is 5.23. The molecule has 0 aliphatic carbocycles. The molecule has 4 nitrogen and oxygen atoms in total. The van der Waals surface area contributed by atoms with Gasteiger partial charge in [0.1, 0.15) is 0 Å². The average Bonchev–Trinajstić information content (AvgIpc) is 3.04. The molecular formula is C39H64O4. The highest BCUT2D eigenvalue weighted by atomic mass is 16.8. The Kier molecular flexibility index (Phi) is 22.8. The smallest absolute Gasteiger partial charge is 0.165 e. The molecule has 4 heteroatoms. The fourth-order valence-corrected chi connectivity index (χ4v) is 3.00. The van der Waals surface area contributed by atoms with Crippen molar-refractivity contribution >= 4 is 0 Å². The molecule has 244 valence electrons. The first-order valence-corrected chi connectivity index (χ1v) is 15.7. The van der Waals surface area contributed by atoms with Gasteiger partial charge in [0, 0.05) is 14.2 Å². The Morgan fingerprint density at radius 3 is 0.884 bits per heavy atom. The Bertz CT molecular complexity index is 903. The van der Waals surface area contributed by atoms with Crippen LogP contribution in [0, 0.1) is 0 Å². The molecule has 0 N–H and O–H groups in total. The van der Waals surface area contributed by atoms with Crippen molar-refractivity contribution in [2.24, 2.45) is 0 Å². The van der Waals surface area contributed by atoms with E-state index in [1.807, 2.05) is 77.9 Å². The maximum Gasteiger partial charge on any atom is 0.165 e. The molecule has 0 aliphatic rings. The number of rotatable bonds is 10. The van der Waals surface area contributed by atoms with Crippen LogP contribution in [0.5, 0.6) is 0 Å². The summed E-state index contributed by atoms with van der Waals surface area (Å²) in [5.41, 5.74) is 3.53. The Labute approximate surface area is 266 Å². The third-order valence-electron chi connectivity index (χ3n) is 7.34. The van der Waals surface area contributed by atoms with Crippen LogP contribution in [-0.2, 0) is 29.8 Å². The second kappa shape index (κ2) is 23.0. The van der Waals surface area contributed by atoms with Crippen molar-refractivity contribution in [2.45, 2.75) is 118 Å². The highest BCUT2D eigenvalue weighted by Gasteiger charge is 2.21. The van der Waals surface area contributed by atoms with Crippen molar-refractivity contribution < 1.29 is 18.9 Å². The molecule has 3 aromatic carbocycles. The third-order valence-corrected chi connectivity index (χ3v) is 7.34. The van der Waals surface area contributed by atoms with Crippen LogP contribution in [0.25, 0.3) is 0 Å². The summed E-state index contributed by atoms with van der Waals surface area (Å²) >= 11 is 0. The molecule has 0 radical (unpaired) electrons. The van der Waals surface area contributed by atoms with Crippen LogP contribution in [0.1, 0.15) is 107 Å². The minimum atomic E-state index is -0.621. The molecule has 43 heavy (non-hydrogen) atoms. The van der Waals surface area contributed by atoms with E-state index in [0.717, 1.165) is 0 Å². The first-order chi connectivity index (χ1) is 20.2. The van der Waals surface area contributed by atoms with E-state index in [2.05, 4.69) is 102 Å². The quantitative estimate of drug-likeness (QED) is 0.218. The highest BCUT2D eigenvalue weighted by Crippen LogP contribution is 2.26. The zero-order chi connectivity index (χ0) is 33.4. The zero-order valence-corrected chi connectivity index (χ0v) is 30.0. The predicted octanol–water partition coefficient (Wildman–Crippen LogP) is 11.2. The first kappa shape index (κ1) is 42.6. The lowest BCUT2D eigenvalue weighted by Crippen LogP contribution is -2.33. The van der Waals surface area contributed by atoms with Crippen LogP contribution in [0.2, 0.25) is 0 Å². The summed E-state index contributed by atoms with van der Waals surface area (Å²) in [6, 6.07) is 33.3. The SMILES string of the molecule is CC.CCC(C)(C)c1ccccc1.CCC(C)(C)c1ccccc1.COC(C)(C)OCOC(C)(C)OC.c1ccccc1. The third kappa shape index (κ3) is 20.9. The summed E-state index contributed by atoms with van der Waals surface area (Å²) in [6.45, 7) is 25.0. The molecule has 0 saturated heterocycles. The molecule has 0 bridgehead atoms. The summed E-state index contributed by atoms with van der Waals surface area (Å²) in [6.07, 6.45) is 2.38. The van der Waals surface area contributed by atoms with Crippen LogP contribution in [0.15, 0.2) is 97.1 Å². The van der Waals surface area contributed by atoms with Crippen molar-refractivity contribution in [3.05, 3.63) is 108 Å². The van der Waals surface area contributed by atoms with Crippen LogP contribution < -0.4 is 0 Å². The second-order valence-corrected chi connectivity index (χ2v) is 12.0. The van der Waals surface area contributed by atoms with E-state index in [1.54, 1.807) is 14.2 Å². The molecule has 0 heterocycles. The molecule has 0 fully saturated rings. The fraction of sp³-hybridized carbons (Fsp3) is 0.538. The van der Waals surface area contributed by atoms with Crippen molar-refractivity contribution in [3.8, 4) is 0 Å². The number of ether oxygens (including phenoxy) is 4. The van der Waals surface area contributed by atoms with Crippen LogP contribution in [0.4, 0.5) is 0 Å². The summed E-state index contributed by atoms with van der Waals surface area (Å²) in [7, 11) is 3.17. The van der Waals surface area contributed by atoms with Gasteiger partial charge in [-0.15, -0.1) is 0 Å². The average molecular weight is 597 g/mol. The molecule has 3 rings (SSSR count). The maximum absolute atomic E-state index is 5.29. The number of methoxy groups -OCH3 is 2. The summed E-state index contributed by atoms with van der Waals surface area (Å²) < 4.78 is 20.7. The van der Waals surface area contributed by atoms with Gasteiger partial charge in [-0.2, -0.15) is 0 Å². The topological polar surface area (TPSA) is 36.9 Å². The lowest BCUT2D eigenvalue weighted by Gasteiger charge is -2.27. The van der Waals surface area contributed by atoms with Gasteiger partial charge in [-0.1, -0.05) is 152 Å². The first-order valence-electron chi connectivity index (χ1n) is 15.7. The van der Waals surface area contributed by atoms with Crippen molar-refractivity contribution in [1.82, 2.24) is 0 Å². The Balaban J connectivity index is 0. The van der Waals surface area contributed by atoms with Gasteiger partial charge in [0.25, 0.3) is 0 Å². The van der Waals surface area contributed by atoms with E-state index in [9.17, 15) is 0 Å². The standard InChI is InChI=1S/2C11H16.C9H20O4.C6H6.C2H6/c2*1-4-11(2,3)10-8-6-5-7-9-10;1-8(2,10-5)12-7-13-9(3,4)11-6;1-2-4-6-5-3-1;1-2/h2*5-9H,4H2,1-3H3;7H2,1-6H3;1-6H;1-2H3. The van der Waals surface area contributed by atoms with E-state index in [0.29, 0.717) is 10.8 Å². The molecule has 0 atom stereocenters. The van der Waals surface area contributed by atoms with E-state index in [-0.39, 0.29) is 6.79 Å². The Morgan fingerprint density at radius 1 is 0.442 bits per heavy atom. The number of benzene rings is 3. The molecule has 3 aromatic rings. The minimum absolute atomic E-state index is 0.141. The Morgan fingerprint density at radius 2 is 0.674 bits per heavy atom. The van der Waals surface area contributed by atoms with Gasteiger partial charge < -0.3 is 18.9 Å². The summed E-state index contributed by atoms with van der Waals surface area (Å²) in [5, 5.41) is 0. The Hall–Kier alpha value is -2.50. The molecule has 0 aromatic heterocycles. The predicted molar refractivity (Wildman–Crippen MR) is 187 cm³/mol. The van der Waals surface area contributed by atoms with Crippen LogP contribution in [-0.4, -0.2) is 32.6 Å². The zero-order valence-electron chi connectivity index (χ0n) is 30.0. The lowest BCUT2D eigenvalue weighted by molar-refractivity contribution is -0.298. The van der Waals surface area contributed by atoms with Crippen molar-refractivity contribution in [3.63, 3.8) is 0 Å². The number of hydrogen-bond donors (Lipinski definition) is 0. The van der Waals surface area contributed by atoms with Gasteiger partial charge >= 0.3 is 0 Å². The van der Waals surface area contributed by atoms with Gasteiger partial charge in [-0.3, -0.25) is 0 Å². The monoisotopic (exact) mass is 596 g/mol.